The van der Waals surface area contributed by atoms with Gasteiger partial charge in [-0.3, -0.25) is 10.7 Å². The van der Waals surface area contributed by atoms with E-state index in [4.69, 9.17) is 5.21 Å². The summed E-state index contributed by atoms with van der Waals surface area (Å²) < 4.78 is 0. The van der Waals surface area contributed by atoms with Gasteiger partial charge in [-0.15, -0.1) is 0 Å². The zero-order valence-corrected chi connectivity index (χ0v) is 9.07. The van der Waals surface area contributed by atoms with Crippen molar-refractivity contribution in [3.05, 3.63) is 54.1 Å². The third-order valence-electron chi connectivity index (χ3n) is 2.44. The SMILES string of the molecule is Cc1cccc(Nc2ccccc2)c1NO. The van der Waals surface area contributed by atoms with Gasteiger partial charge in [0.15, 0.2) is 0 Å². The second-order valence-corrected chi connectivity index (χ2v) is 3.60. The van der Waals surface area contributed by atoms with E-state index in [0.29, 0.717) is 5.69 Å². The van der Waals surface area contributed by atoms with Crippen molar-refractivity contribution in [3.63, 3.8) is 0 Å². The van der Waals surface area contributed by atoms with E-state index in [9.17, 15) is 0 Å². The van der Waals surface area contributed by atoms with Crippen LogP contribution in [-0.2, 0) is 0 Å². The molecular weight excluding hydrogens is 200 g/mol. The number of rotatable bonds is 3. The van der Waals surface area contributed by atoms with Crippen molar-refractivity contribution in [3.8, 4) is 0 Å². The molecule has 2 aromatic rings. The van der Waals surface area contributed by atoms with Crippen LogP contribution in [0.25, 0.3) is 0 Å². The van der Waals surface area contributed by atoms with Crippen LogP contribution >= 0.6 is 0 Å². The summed E-state index contributed by atoms with van der Waals surface area (Å²) in [6, 6.07) is 15.6. The zero-order chi connectivity index (χ0) is 11.4. The summed E-state index contributed by atoms with van der Waals surface area (Å²) in [6.07, 6.45) is 0. The van der Waals surface area contributed by atoms with Gasteiger partial charge in [-0.25, -0.2) is 0 Å². The highest BCUT2D eigenvalue weighted by Gasteiger charge is 2.03. The molecule has 16 heavy (non-hydrogen) atoms. The Kier molecular flexibility index (Phi) is 3.08. The highest BCUT2D eigenvalue weighted by Crippen LogP contribution is 2.27. The predicted octanol–water partition coefficient (Wildman–Crippen LogP) is 3.54. The van der Waals surface area contributed by atoms with Crippen LogP contribution in [0.4, 0.5) is 17.1 Å². The predicted molar refractivity (Wildman–Crippen MR) is 66.3 cm³/mol. The van der Waals surface area contributed by atoms with E-state index in [1.807, 2.05) is 55.5 Å². The van der Waals surface area contributed by atoms with Gasteiger partial charge in [0.25, 0.3) is 0 Å². The lowest BCUT2D eigenvalue weighted by Gasteiger charge is -2.12. The lowest BCUT2D eigenvalue weighted by Crippen LogP contribution is -1.99. The van der Waals surface area contributed by atoms with Crippen molar-refractivity contribution in [2.24, 2.45) is 0 Å². The third-order valence-corrected chi connectivity index (χ3v) is 2.44. The Morgan fingerprint density at radius 3 is 2.38 bits per heavy atom. The zero-order valence-electron chi connectivity index (χ0n) is 9.07. The van der Waals surface area contributed by atoms with Gasteiger partial charge >= 0.3 is 0 Å². The van der Waals surface area contributed by atoms with Crippen LogP contribution in [-0.4, -0.2) is 5.21 Å². The summed E-state index contributed by atoms with van der Waals surface area (Å²) in [5.74, 6) is 0. The van der Waals surface area contributed by atoms with Crippen molar-refractivity contribution in [1.29, 1.82) is 0 Å². The molecule has 0 unspecified atom stereocenters. The van der Waals surface area contributed by atoms with Crippen LogP contribution in [0.5, 0.6) is 0 Å². The number of anilines is 3. The van der Waals surface area contributed by atoms with Gasteiger partial charge in [0.05, 0.1) is 11.4 Å². The molecule has 0 heterocycles. The molecular formula is C13H14N2O. The van der Waals surface area contributed by atoms with Crippen molar-refractivity contribution in [2.45, 2.75) is 6.92 Å². The quantitative estimate of drug-likeness (QED) is 0.685. The van der Waals surface area contributed by atoms with Crippen LogP contribution < -0.4 is 10.8 Å². The maximum atomic E-state index is 9.09. The Bertz CT molecular complexity index is 469. The van der Waals surface area contributed by atoms with Gasteiger partial charge in [0, 0.05) is 5.69 Å². The van der Waals surface area contributed by atoms with Crippen LogP contribution in [0.1, 0.15) is 5.56 Å². The van der Waals surface area contributed by atoms with Gasteiger partial charge in [0.2, 0.25) is 0 Å². The second-order valence-electron chi connectivity index (χ2n) is 3.60. The molecule has 0 amide bonds. The average molecular weight is 214 g/mol. The largest absolute Gasteiger partial charge is 0.354 e. The van der Waals surface area contributed by atoms with Gasteiger partial charge < -0.3 is 5.32 Å². The molecule has 0 aromatic heterocycles. The lowest BCUT2D eigenvalue weighted by molar-refractivity contribution is 0.389. The summed E-state index contributed by atoms with van der Waals surface area (Å²) in [5, 5.41) is 12.3. The first kappa shape index (κ1) is 10.5. The summed E-state index contributed by atoms with van der Waals surface area (Å²) in [7, 11) is 0. The Labute approximate surface area is 94.7 Å². The fraction of sp³-hybridized carbons (Fsp3) is 0.0769. The third kappa shape index (κ3) is 2.15. The molecule has 0 atom stereocenters. The maximum absolute atomic E-state index is 9.09. The molecule has 2 aromatic carbocycles. The Balaban J connectivity index is 2.31. The summed E-state index contributed by atoms with van der Waals surface area (Å²) in [5.41, 5.74) is 5.76. The molecule has 3 N–H and O–H groups in total. The molecule has 0 radical (unpaired) electrons. The minimum absolute atomic E-state index is 0.700. The molecule has 0 aliphatic rings. The van der Waals surface area contributed by atoms with E-state index >= 15 is 0 Å². The van der Waals surface area contributed by atoms with Gasteiger partial charge in [-0.1, -0.05) is 30.3 Å². The summed E-state index contributed by atoms with van der Waals surface area (Å²) in [6.45, 7) is 1.94. The summed E-state index contributed by atoms with van der Waals surface area (Å²) in [4.78, 5) is 0. The topological polar surface area (TPSA) is 44.3 Å². The summed E-state index contributed by atoms with van der Waals surface area (Å²) >= 11 is 0. The molecule has 0 spiro atoms. The van der Waals surface area contributed by atoms with E-state index in [1.54, 1.807) is 0 Å². The molecule has 0 saturated carbocycles. The van der Waals surface area contributed by atoms with E-state index in [1.165, 1.54) is 0 Å². The van der Waals surface area contributed by atoms with Crippen LogP contribution in [0, 0.1) is 6.92 Å². The smallest absolute Gasteiger partial charge is 0.0866 e. The first-order chi connectivity index (χ1) is 7.81. The number of para-hydroxylation sites is 2. The van der Waals surface area contributed by atoms with Crippen LogP contribution in [0.2, 0.25) is 0 Å². The molecule has 0 saturated heterocycles. The van der Waals surface area contributed by atoms with Crippen molar-refractivity contribution in [2.75, 3.05) is 10.8 Å². The van der Waals surface area contributed by atoms with Crippen LogP contribution in [0.15, 0.2) is 48.5 Å². The van der Waals surface area contributed by atoms with Crippen LogP contribution in [0.3, 0.4) is 0 Å². The highest BCUT2D eigenvalue weighted by atomic mass is 16.5. The number of hydrogen-bond acceptors (Lipinski definition) is 3. The van der Waals surface area contributed by atoms with E-state index < -0.39 is 0 Å². The average Bonchev–Trinajstić information content (AvgIpc) is 2.31. The number of nitrogens with one attached hydrogen (secondary N) is 2. The van der Waals surface area contributed by atoms with E-state index in [0.717, 1.165) is 16.9 Å². The Hall–Kier alpha value is -2.00. The first-order valence-corrected chi connectivity index (χ1v) is 5.13. The van der Waals surface area contributed by atoms with Gasteiger partial charge in [-0.05, 0) is 30.7 Å². The van der Waals surface area contributed by atoms with Gasteiger partial charge in [0.1, 0.15) is 0 Å². The molecule has 2 rings (SSSR count). The fourth-order valence-electron chi connectivity index (χ4n) is 1.60. The molecule has 3 nitrogen and oxygen atoms in total. The molecule has 0 bridgehead atoms. The molecule has 82 valence electrons. The number of hydrogen-bond donors (Lipinski definition) is 3. The van der Waals surface area contributed by atoms with E-state index in [2.05, 4.69) is 10.8 Å². The van der Waals surface area contributed by atoms with Crippen molar-refractivity contribution >= 4 is 17.1 Å². The lowest BCUT2D eigenvalue weighted by atomic mass is 10.1. The molecule has 3 heteroatoms. The monoisotopic (exact) mass is 214 g/mol. The first-order valence-electron chi connectivity index (χ1n) is 5.13. The molecule has 0 aliphatic carbocycles. The minimum atomic E-state index is 0.700. The number of aryl methyl sites for hydroxylation is 1. The maximum Gasteiger partial charge on any atom is 0.0866 e. The van der Waals surface area contributed by atoms with Crippen molar-refractivity contribution < 1.29 is 5.21 Å². The molecule has 0 aliphatic heterocycles. The molecule has 0 fully saturated rings. The fourth-order valence-corrected chi connectivity index (χ4v) is 1.60. The van der Waals surface area contributed by atoms with Gasteiger partial charge in [-0.2, -0.15) is 0 Å². The number of benzene rings is 2. The standard InChI is InChI=1S/C13H14N2O/c1-10-6-5-9-12(13(10)15-16)14-11-7-3-2-4-8-11/h2-9,14-16H,1H3. The Morgan fingerprint density at radius 2 is 1.69 bits per heavy atom. The normalized spacial score (nSPS) is 9.88. The van der Waals surface area contributed by atoms with E-state index in [-0.39, 0.29) is 0 Å². The second kappa shape index (κ2) is 4.68. The van der Waals surface area contributed by atoms with Crippen molar-refractivity contribution in [1.82, 2.24) is 0 Å². The Morgan fingerprint density at radius 1 is 0.938 bits per heavy atom. The minimum Gasteiger partial charge on any atom is -0.354 e. The highest BCUT2D eigenvalue weighted by molar-refractivity contribution is 5.76.